The van der Waals surface area contributed by atoms with Gasteiger partial charge in [0.2, 0.25) is 5.91 Å². The van der Waals surface area contributed by atoms with Crippen LogP contribution in [0.2, 0.25) is 0 Å². The topological polar surface area (TPSA) is 68.9 Å². The van der Waals surface area contributed by atoms with E-state index in [1.807, 2.05) is 69.3 Å². The number of thioether (sulfide) groups is 1. The number of amides is 1. The molecule has 0 aliphatic carbocycles. The molecular weight excluding hydrogens is 552 g/mol. The molecule has 1 amide bonds. The zero-order chi connectivity index (χ0) is 27.7. The van der Waals surface area contributed by atoms with Gasteiger partial charge in [-0.3, -0.25) is 18.7 Å². The predicted molar refractivity (Wildman–Crippen MR) is 160 cm³/mol. The summed E-state index contributed by atoms with van der Waals surface area (Å²) in [5, 5.41) is 3.27. The van der Waals surface area contributed by atoms with Crippen LogP contribution in [0.3, 0.4) is 0 Å². The van der Waals surface area contributed by atoms with Gasteiger partial charge < -0.3 is 5.32 Å². The molecule has 0 spiro atoms. The second-order valence-corrected chi connectivity index (χ2v) is 11.6. The first-order chi connectivity index (χ1) is 18.8. The van der Waals surface area contributed by atoms with Gasteiger partial charge in [-0.05, 0) is 73.9 Å². The molecule has 2 aromatic heterocycles. The number of aromatic nitrogens is 3. The van der Waals surface area contributed by atoms with E-state index in [9.17, 15) is 14.0 Å². The first-order valence-corrected chi connectivity index (χ1v) is 14.5. The second kappa shape index (κ2) is 11.3. The van der Waals surface area contributed by atoms with Crippen molar-refractivity contribution in [1.29, 1.82) is 0 Å². The van der Waals surface area contributed by atoms with Crippen molar-refractivity contribution in [1.82, 2.24) is 14.1 Å². The van der Waals surface area contributed by atoms with Gasteiger partial charge >= 0.3 is 0 Å². The fraction of sp³-hybridized carbons (Fsp3) is 0.172. The number of nitrogens with one attached hydrogen (secondary N) is 1. The van der Waals surface area contributed by atoms with Crippen LogP contribution in [0.4, 0.5) is 10.1 Å². The maximum atomic E-state index is 14.9. The molecule has 5 rings (SSSR count). The molecule has 5 aromatic rings. The van der Waals surface area contributed by atoms with Crippen LogP contribution < -0.4 is 10.9 Å². The number of carbonyl (C=O) groups excluding carboxylic acids is 1. The monoisotopic (exact) mass is 576 g/mol. The third kappa shape index (κ3) is 5.45. The normalized spacial score (nSPS) is 11.2. The molecule has 2 heterocycles. The standard InChI is InChI=1S/C29H25FN4O2S3/c1-4-19-7-5-6-8-22(19)31-24(35)16-38-28-32-26-25(27(36)33(28)20-12-9-17(2)10-13-20)39-29(37)34(26)23-15-18(3)11-14-21(23)30/h5-15H,4,16H2,1-3H3,(H,31,35). The zero-order valence-electron chi connectivity index (χ0n) is 21.5. The van der Waals surface area contributed by atoms with Gasteiger partial charge in [0, 0.05) is 5.69 Å². The highest BCUT2D eigenvalue weighted by Crippen LogP contribution is 2.29. The van der Waals surface area contributed by atoms with Crippen molar-refractivity contribution in [2.45, 2.75) is 32.3 Å². The highest BCUT2D eigenvalue weighted by molar-refractivity contribution is 7.99. The van der Waals surface area contributed by atoms with E-state index in [2.05, 4.69) is 5.32 Å². The Labute approximate surface area is 238 Å². The maximum Gasteiger partial charge on any atom is 0.278 e. The minimum Gasteiger partial charge on any atom is -0.325 e. The molecule has 39 heavy (non-hydrogen) atoms. The van der Waals surface area contributed by atoms with Crippen molar-refractivity contribution in [2.75, 3.05) is 11.1 Å². The van der Waals surface area contributed by atoms with Crippen LogP contribution in [-0.2, 0) is 11.2 Å². The number of thiazole rings is 1. The Hall–Kier alpha value is -3.60. The quantitative estimate of drug-likeness (QED) is 0.128. The van der Waals surface area contributed by atoms with Crippen LogP contribution in [-0.4, -0.2) is 25.8 Å². The first kappa shape index (κ1) is 27.0. The highest BCUT2D eigenvalue weighted by atomic mass is 32.2. The van der Waals surface area contributed by atoms with Crippen molar-refractivity contribution in [3.8, 4) is 11.4 Å². The van der Waals surface area contributed by atoms with E-state index in [1.165, 1.54) is 15.2 Å². The summed E-state index contributed by atoms with van der Waals surface area (Å²) < 4.78 is 18.5. The average molecular weight is 577 g/mol. The lowest BCUT2D eigenvalue weighted by Gasteiger charge is -2.14. The number of rotatable bonds is 7. The van der Waals surface area contributed by atoms with E-state index < -0.39 is 5.82 Å². The molecule has 3 aromatic carbocycles. The largest absolute Gasteiger partial charge is 0.325 e. The number of nitrogens with zero attached hydrogens (tertiary/aromatic N) is 3. The third-order valence-corrected chi connectivity index (χ3v) is 8.51. The van der Waals surface area contributed by atoms with E-state index >= 15 is 0 Å². The molecule has 0 saturated carbocycles. The van der Waals surface area contributed by atoms with Crippen molar-refractivity contribution < 1.29 is 9.18 Å². The highest BCUT2D eigenvalue weighted by Gasteiger charge is 2.21. The number of carbonyl (C=O) groups is 1. The van der Waals surface area contributed by atoms with Gasteiger partial charge in [0.05, 0.1) is 17.1 Å². The van der Waals surface area contributed by atoms with E-state index in [-0.39, 0.29) is 28.6 Å². The fourth-order valence-corrected chi connectivity index (χ4v) is 6.32. The molecule has 0 unspecified atom stereocenters. The summed E-state index contributed by atoms with van der Waals surface area (Å²) in [4.78, 5) is 31.6. The van der Waals surface area contributed by atoms with Gasteiger partial charge in [0.25, 0.3) is 5.56 Å². The number of hydrogen-bond acceptors (Lipinski definition) is 6. The van der Waals surface area contributed by atoms with Crippen LogP contribution in [0, 0.1) is 23.6 Å². The van der Waals surface area contributed by atoms with Crippen LogP contribution in [0.1, 0.15) is 23.6 Å². The van der Waals surface area contributed by atoms with E-state index in [1.54, 1.807) is 12.1 Å². The Morgan fingerprint density at radius 2 is 1.77 bits per heavy atom. The van der Waals surface area contributed by atoms with Crippen molar-refractivity contribution in [3.05, 3.63) is 104 Å². The number of fused-ring (bicyclic) bond motifs is 1. The summed E-state index contributed by atoms with van der Waals surface area (Å²) in [5.41, 5.74) is 4.46. The van der Waals surface area contributed by atoms with Crippen molar-refractivity contribution in [2.24, 2.45) is 0 Å². The van der Waals surface area contributed by atoms with Crippen molar-refractivity contribution in [3.63, 3.8) is 0 Å². The van der Waals surface area contributed by atoms with E-state index in [0.29, 0.717) is 19.5 Å². The number of halogens is 1. The predicted octanol–water partition coefficient (Wildman–Crippen LogP) is 7.02. The second-order valence-electron chi connectivity index (χ2n) is 9.03. The van der Waals surface area contributed by atoms with Gasteiger partial charge in [-0.1, -0.05) is 72.0 Å². The zero-order valence-corrected chi connectivity index (χ0v) is 24.0. The Bertz CT molecular complexity index is 1820. The van der Waals surface area contributed by atoms with Gasteiger partial charge in [-0.2, -0.15) is 0 Å². The molecular formula is C29H25FN4O2S3. The van der Waals surface area contributed by atoms with Gasteiger partial charge in [0.15, 0.2) is 14.8 Å². The smallest absolute Gasteiger partial charge is 0.278 e. The summed E-state index contributed by atoms with van der Waals surface area (Å²) in [6, 6.07) is 19.8. The summed E-state index contributed by atoms with van der Waals surface area (Å²) in [7, 11) is 0. The molecule has 0 fully saturated rings. The molecule has 1 N–H and O–H groups in total. The molecule has 0 aliphatic rings. The summed E-state index contributed by atoms with van der Waals surface area (Å²) in [6.45, 7) is 5.85. The van der Waals surface area contributed by atoms with Crippen LogP contribution in [0.5, 0.6) is 0 Å². The Morgan fingerprint density at radius 1 is 1.05 bits per heavy atom. The van der Waals surface area contributed by atoms with Gasteiger partial charge in [-0.15, -0.1) is 0 Å². The minimum absolute atomic E-state index is 0.0194. The number of benzene rings is 3. The lowest BCUT2D eigenvalue weighted by atomic mass is 10.1. The summed E-state index contributed by atoms with van der Waals surface area (Å²) >= 11 is 7.81. The molecule has 0 radical (unpaired) electrons. The lowest BCUT2D eigenvalue weighted by Crippen LogP contribution is -2.23. The Morgan fingerprint density at radius 3 is 2.51 bits per heavy atom. The molecule has 0 atom stereocenters. The van der Waals surface area contributed by atoms with Crippen LogP contribution in [0.15, 0.2) is 76.7 Å². The average Bonchev–Trinajstić information content (AvgIpc) is 3.26. The van der Waals surface area contributed by atoms with E-state index in [4.69, 9.17) is 17.2 Å². The molecule has 10 heteroatoms. The SMILES string of the molecule is CCc1ccccc1NC(=O)CSc1nc2c(sc(=S)n2-c2cc(C)ccc2F)c(=O)n1-c1ccc(C)cc1. The third-order valence-electron chi connectivity index (χ3n) is 6.22. The van der Waals surface area contributed by atoms with Gasteiger partial charge in [-0.25, -0.2) is 9.37 Å². The molecule has 0 bridgehead atoms. The number of aryl methyl sites for hydroxylation is 3. The first-order valence-electron chi connectivity index (χ1n) is 12.3. The van der Waals surface area contributed by atoms with Crippen LogP contribution >= 0.6 is 35.3 Å². The summed E-state index contributed by atoms with van der Waals surface area (Å²) in [6.07, 6.45) is 0.784. The molecule has 0 aliphatic heterocycles. The van der Waals surface area contributed by atoms with Crippen molar-refractivity contribution >= 4 is 57.3 Å². The number of hydrogen-bond donors (Lipinski definition) is 1. The van der Waals surface area contributed by atoms with Gasteiger partial charge in [0.1, 0.15) is 10.5 Å². The molecule has 0 saturated heterocycles. The summed E-state index contributed by atoms with van der Waals surface area (Å²) in [5.74, 6) is -0.674. The van der Waals surface area contributed by atoms with E-state index in [0.717, 1.165) is 51.9 Å². The lowest BCUT2D eigenvalue weighted by molar-refractivity contribution is -0.113. The molecule has 198 valence electrons. The number of para-hydroxylation sites is 1. The fourth-order valence-electron chi connectivity index (χ4n) is 4.23. The Kier molecular flexibility index (Phi) is 7.79. The maximum absolute atomic E-state index is 14.9. The Balaban J connectivity index is 1.62. The minimum atomic E-state index is -0.468. The number of anilines is 1. The van der Waals surface area contributed by atoms with Crippen LogP contribution in [0.25, 0.3) is 21.7 Å². The molecule has 6 nitrogen and oxygen atoms in total.